The van der Waals surface area contributed by atoms with Crippen molar-refractivity contribution in [2.75, 3.05) is 20.1 Å². The largest absolute Gasteiger partial charge is 0.350 e. The fourth-order valence-electron chi connectivity index (χ4n) is 2.64. The molecular formula is C20H26FN3O2S. The van der Waals surface area contributed by atoms with E-state index in [2.05, 4.69) is 10.6 Å². The van der Waals surface area contributed by atoms with E-state index < -0.39 is 0 Å². The van der Waals surface area contributed by atoms with Gasteiger partial charge in [-0.1, -0.05) is 18.2 Å². The molecule has 0 aliphatic heterocycles. The van der Waals surface area contributed by atoms with Gasteiger partial charge in [0.1, 0.15) is 5.82 Å². The maximum Gasteiger partial charge on any atom is 0.234 e. The predicted octanol–water partition coefficient (Wildman–Crippen LogP) is 2.94. The quantitative estimate of drug-likeness (QED) is 0.763. The zero-order valence-corrected chi connectivity index (χ0v) is 16.9. The zero-order valence-electron chi connectivity index (χ0n) is 16.1. The summed E-state index contributed by atoms with van der Waals surface area (Å²) in [5, 5.41) is 7.79. The Morgan fingerprint density at radius 3 is 2.30 bits per heavy atom. The van der Waals surface area contributed by atoms with Crippen LogP contribution in [0.25, 0.3) is 0 Å². The Labute approximate surface area is 163 Å². The van der Waals surface area contributed by atoms with Crippen molar-refractivity contribution in [1.82, 2.24) is 15.5 Å². The van der Waals surface area contributed by atoms with E-state index in [0.29, 0.717) is 0 Å². The minimum atomic E-state index is -0.352. The number of hydrogen-bond acceptors (Lipinski definition) is 4. The minimum Gasteiger partial charge on any atom is -0.350 e. The molecule has 2 aromatic rings. The van der Waals surface area contributed by atoms with E-state index in [-0.39, 0.29) is 42.3 Å². The molecule has 2 rings (SSSR count). The van der Waals surface area contributed by atoms with E-state index in [1.165, 1.54) is 23.5 Å². The van der Waals surface area contributed by atoms with Crippen LogP contribution in [0.2, 0.25) is 0 Å². The van der Waals surface area contributed by atoms with Gasteiger partial charge in [-0.2, -0.15) is 0 Å². The molecule has 0 saturated carbocycles. The van der Waals surface area contributed by atoms with E-state index in [9.17, 15) is 14.0 Å². The summed E-state index contributed by atoms with van der Waals surface area (Å²) in [6.07, 6.45) is 0. The van der Waals surface area contributed by atoms with Crippen LogP contribution in [0.15, 0.2) is 41.8 Å². The molecule has 0 unspecified atom stereocenters. The number of carbonyl (C=O) groups is 2. The van der Waals surface area contributed by atoms with Crippen molar-refractivity contribution in [1.29, 1.82) is 0 Å². The molecule has 7 heteroatoms. The highest BCUT2D eigenvalue weighted by Crippen LogP contribution is 2.26. The summed E-state index contributed by atoms with van der Waals surface area (Å²) in [5.74, 6) is -0.658. The summed E-state index contributed by atoms with van der Waals surface area (Å²) in [5.41, 5.74) is 0.493. The normalized spacial score (nSPS) is 12.7. The second-order valence-electron chi connectivity index (χ2n) is 7.54. The van der Waals surface area contributed by atoms with Gasteiger partial charge in [-0.25, -0.2) is 4.39 Å². The van der Waals surface area contributed by atoms with Crippen LogP contribution in [0.5, 0.6) is 0 Å². The van der Waals surface area contributed by atoms with Crippen molar-refractivity contribution in [3.8, 4) is 0 Å². The number of carbonyl (C=O) groups excluding carboxylic acids is 2. The van der Waals surface area contributed by atoms with Gasteiger partial charge in [-0.3, -0.25) is 14.5 Å². The van der Waals surface area contributed by atoms with Crippen molar-refractivity contribution in [2.45, 2.75) is 32.4 Å². The molecule has 1 aromatic heterocycles. The van der Waals surface area contributed by atoms with Crippen molar-refractivity contribution in [2.24, 2.45) is 0 Å². The molecule has 27 heavy (non-hydrogen) atoms. The van der Waals surface area contributed by atoms with E-state index in [1.54, 1.807) is 24.1 Å². The van der Waals surface area contributed by atoms with E-state index in [0.717, 1.165) is 10.4 Å². The lowest BCUT2D eigenvalue weighted by atomic mass is 10.1. The standard InChI is InChI=1S/C20H26FN3O2S/c1-20(2,3)23-18(26)13-24(4)12-17(25)22-19(16-6-5-11-27-16)14-7-9-15(21)10-8-14/h5-11,19H,12-13H2,1-4H3,(H,22,25)(H,23,26)/t19-/m0/s1. The highest BCUT2D eigenvalue weighted by Gasteiger charge is 2.20. The third-order valence-electron chi connectivity index (χ3n) is 3.68. The van der Waals surface area contributed by atoms with Gasteiger partial charge in [0.25, 0.3) is 0 Å². The second kappa shape index (κ2) is 9.10. The van der Waals surface area contributed by atoms with Crippen LogP contribution in [0.3, 0.4) is 0 Å². The van der Waals surface area contributed by atoms with Crippen LogP contribution < -0.4 is 10.6 Å². The zero-order chi connectivity index (χ0) is 20.0. The van der Waals surface area contributed by atoms with Crippen molar-refractivity contribution < 1.29 is 14.0 Å². The van der Waals surface area contributed by atoms with Crippen LogP contribution in [0.1, 0.15) is 37.3 Å². The molecule has 0 bridgehead atoms. The lowest BCUT2D eigenvalue weighted by Crippen LogP contribution is -2.47. The highest BCUT2D eigenvalue weighted by atomic mass is 32.1. The molecule has 2 N–H and O–H groups in total. The fraction of sp³-hybridized carbons (Fsp3) is 0.400. The number of likely N-dealkylation sites (N-methyl/N-ethyl adjacent to an activating group) is 1. The first-order valence-electron chi connectivity index (χ1n) is 8.72. The van der Waals surface area contributed by atoms with Crippen LogP contribution in [-0.2, 0) is 9.59 Å². The number of benzene rings is 1. The van der Waals surface area contributed by atoms with Gasteiger partial charge < -0.3 is 10.6 Å². The topological polar surface area (TPSA) is 61.4 Å². The van der Waals surface area contributed by atoms with Crippen molar-refractivity contribution in [3.63, 3.8) is 0 Å². The molecule has 0 fully saturated rings. The molecule has 0 radical (unpaired) electrons. The van der Waals surface area contributed by atoms with Crippen LogP contribution in [0, 0.1) is 5.82 Å². The van der Waals surface area contributed by atoms with Gasteiger partial charge in [0.15, 0.2) is 0 Å². The SMILES string of the molecule is CN(CC(=O)N[C@@H](c1ccc(F)cc1)c1cccs1)CC(=O)NC(C)(C)C. The number of amides is 2. The predicted molar refractivity (Wildman–Crippen MR) is 106 cm³/mol. The smallest absolute Gasteiger partial charge is 0.234 e. The lowest BCUT2D eigenvalue weighted by molar-refractivity contribution is -0.125. The molecule has 146 valence electrons. The Morgan fingerprint density at radius 1 is 1.11 bits per heavy atom. The van der Waals surface area contributed by atoms with Gasteiger partial charge in [0, 0.05) is 10.4 Å². The van der Waals surface area contributed by atoms with Gasteiger partial charge in [0.05, 0.1) is 19.1 Å². The number of halogens is 1. The minimum absolute atomic E-state index is 0.0840. The first-order chi connectivity index (χ1) is 12.6. The Balaban J connectivity index is 2.00. The maximum absolute atomic E-state index is 13.2. The number of nitrogens with one attached hydrogen (secondary N) is 2. The average Bonchev–Trinajstić information content (AvgIpc) is 3.05. The summed E-state index contributed by atoms with van der Waals surface area (Å²) >= 11 is 1.52. The Morgan fingerprint density at radius 2 is 1.74 bits per heavy atom. The number of hydrogen-bond donors (Lipinski definition) is 2. The number of rotatable bonds is 7. The monoisotopic (exact) mass is 391 g/mol. The summed E-state index contributed by atoms with van der Waals surface area (Å²) in [6.45, 7) is 5.94. The Kier molecular flexibility index (Phi) is 7.10. The van der Waals surface area contributed by atoms with E-state index in [1.807, 2.05) is 38.3 Å². The van der Waals surface area contributed by atoms with Crippen molar-refractivity contribution in [3.05, 3.63) is 58.0 Å². The maximum atomic E-state index is 13.2. The summed E-state index contributed by atoms with van der Waals surface area (Å²) in [6, 6.07) is 9.58. The van der Waals surface area contributed by atoms with Crippen LogP contribution in [-0.4, -0.2) is 42.4 Å². The molecule has 1 heterocycles. The summed E-state index contributed by atoms with van der Waals surface area (Å²) < 4.78 is 13.2. The first-order valence-corrected chi connectivity index (χ1v) is 9.60. The van der Waals surface area contributed by atoms with Crippen molar-refractivity contribution >= 4 is 23.2 Å². The first kappa shape index (κ1) is 21.1. The molecule has 0 saturated heterocycles. The Hall–Kier alpha value is -2.25. The Bertz CT molecular complexity index is 755. The second-order valence-corrected chi connectivity index (χ2v) is 8.52. The van der Waals surface area contributed by atoms with E-state index in [4.69, 9.17) is 0 Å². The fourth-order valence-corrected chi connectivity index (χ4v) is 3.44. The number of nitrogens with zero attached hydrogens (tertiary/aromatic N) is 1. The van der Waals surface area contributed by atoms with Gasteiger partial charge in [0.2, 0.25) is 11.8 Å². The third kappa shape index (κ3) is 7.11. The summed E-state index contributed by atoms with van der Waals surface area (Å²) in [4.78, 5) is 27.1. The van der Waals surface area contributed by atoms with Crippen LogP contribution in [0.4, 0.5) is 4.39 Å². The number of thiophene rings is 1. The van der Waals surface area contributed by atoms with E-state index >= 15 is 0 Å². The van der Waals surface area contributed by atoms with Gasteiger partial charge in [-0.05, 0) is 57.0 Å². The molecule has 0 spiro atoms. The molecule has 2 amide bonds. The molecule has 5 nitrogen and oxygen atoms in total. The highest BCUT2D eigenvalue weighted by molar-refractivity contribution is 7.10. The van der Waals surface area contributed by atoms with Gasteiger partial charge in [-0.15, -0.1) is 11.3 Å². The molecular weight excluding hydrogens is 365 g/mol. The summed E-state index contributed by atoms with van der Waals surface area (Å²) in [7, 11) is 1.72. The van der Waals surface area contributed by atoms with Gasteiger partial charge >= 0.3 is 0 Å². The molecule has 1 atom stereocenters. The average molecular weight is 392 g/mol. The molecule has 0 aliphatic carbocycles. The lowest BCUT2D eigenvalue weighted by Gasteiger charge is -2.24. The molecule has 0 aliphatic rings. The van der Waals surface area contributed by atoms with Crippen LogP contribution >= 0.6 is 11.3 Å². The molecule has 1 aromatic carbocycles. The third-order valence-corrected chi connectivity index (χ3v) is 4.61.